The normalized spacial score (nSPS) is 47.8. The Labute approximate surface area is 95.8 Å². The molecule has 0 bridgehead atoms. The molecule has 0 aromatic rings. The van der Waals surface area contributed by atoms with Gasteiger partial charge in [-0.1, -0.05) is 40.0 Å². The molecule has 0 nitrogen and oxygen atoms in total. The molecule has 0 saturated heterocycles. The molecule has 2 rings (SSSR count). The summed E-state index contributed by atoms with van der Waals surface area (Å²) < 4.78 is 0. The third kappa shape index (κ3) is 2.77. The van der Waals surface area contributed by atoms with Gasteiger partial charge in [0.25, 0.3) is 0 Å². The van der Waals surface area contributed by atoms with Crippen molar-refractivity contribution in [3.8, 4) is 0 Å². The SMILES string of the molecule is CC1CCC(C2CCC(C)C(C)C2)CC1. The molecule has 0 N–H and O–H groups in total. The van der Waals surface area contributed by atoms with Crippen LogP contribution in [-0.4, -0.2) is 0 Å². The Morgan fingerprint density at radius 2 is 1.20 bits per heavy atom. The van der Waals surface area contributed by atoms with Crippen LogP contribution in [0.15, 0.2) is 0 Å². The van der Waals surface area contributed by atoms with E-state index < -0.39 is 0 Å². The van der Waals surface area contributed by atoms with Crippen LogP contribution in [0.4, 0.5) is 0 Å². The second-order valence-corrected chi connectivity index (χ2v) is 6.55. The van der Waals surface area contributed by atoms with E-state index in [1.807, 2.05) is 0 Å². The standard InChI is InChI=1S/C15H28/c1-11-4-7-14(8-5-11)15-9-6-12(2)13(3)10-15/h11-15H,4-10H2,1-3H3. The first-order chi connectivity index (χ1) is 7.16. The Balaban J connectivity index is 1.84. The number of hydrogen-bond acceptors (Lipinski definition) is 0. The second kappa shape index (κ2) is 4.89. The minimum atomic E-state index is 0.989. The van der Waals surface area contributed by atoms with E-state index in [1.54, 1.807) is 0 Å². The van der Waals surface area contributed by atoms with Gasteiger partial charge in [0.05, 0.1) is 0 Å². The lowest BCUT2D eigenvalue weighted by atomic mass is 9.67. The molecule has 0 amide bonds. The summed E-state index contributed by atoms with van der Waals surface area (Å²) >= 11 is 0. The fourth-order valence-corrected chi connectivity index (χ4v) is 3.77. The van der Waals surface area contributed by atoms with Crippen LogP contribution in [0, 0.1) is 29.6 Å². The van der Waals surface area contributed by atoms with Gasteiger partial charge in [-0.3, -0.25) is 0 Å². The van der Waals surface area contributed by atoms with E-state index in [-0.39, 0.29) is 0 Å². The maximum Gasteiger partial charge on any atom is -0.0383 e. The molecule has 2 aliphatic carbocycles. The molecule has 2 fully saturated rings. The smallest absolute Gasteiger partial charge is 0.0383 e. The van der Waals surface area contributed by atoms with Gasteiger partial charge in [-0.25, -0.2) is 0 Å². The highest BCUT2D eigenvalue weighted by Crippen LogP contribution is 2.43. The molecule has 0 heterocycles. The van der Waals surface area contributed by atoms with Gasteiger partial charge in [-0.2, -0.15) is 0 Å². The van der Waals surface area contributed by atoms with E-state index in [0.717, 1.165) is 29.6 Å². The molecule has 2 saturated carbocycles. The fourth-order valence-electron chi connectivity index (χ4n) is 3.77. The van der Waals surface area contributed by atoms with Crippen molar-refractivity contribution in [2.24, 2.45) is 29.6 Å². The minimum Gasteiger partial charge on any atom is -0.0625 e. The average Bonchev–Trinajstić information content (AvgIpc) is 2.23. The molecular weight excluding hydrogens is 180 g/mol. The third-order valence-electron chi connectivity index (χ3n) is 5.37. The molecule has 0 aromatic carbocycles. The summed E-state index contributed by atoms with van der Waals surface area (Å²) in [6.45, 7) is 7.36. The van der Waals surface area contributed by atoms with Crippen molar-refractivity contribution in [2.45, 2.75) is 65.7 Å². The van der Waals surface area contributed by atoms with Crippen LogP contribution >= 0.6 is 0 Å². The molecule has 2 aliphatic rings. The summed E-state index contributed by atoms with van der Waals surface area (Å²) in [5, 5.41) is 0. The first-order valence-electron chi connectivity index (χ1n) is 7.16. The lowest BCUT2D eigenvalue weighted by molar-refractivity contribution is 0.120. The Morgan fingerprint density at radius 1 is 0.600 bits per heavy atom. The van der Waals surface area contributed by atoms with Crippen LogP contribution in [0.25, 0.3) is 0 Å². The van der Waals surface area contributed by atoms with Gasteiger partial charge in [0.2, 0.25) is 0 Å². The van der Waals surface area contributed by atoms with E-state index in [0.29, 0.717) is 0 Å². The van der Waals surface area contributed by atoms with E-state index in [9.17, 15) is 0 Å². The summed E-state index contributed by atoms with van der Waals surface area (Å²) in [7, 11) is 0. The highest BCUT2D eigenvalue weighted by atomic mass is 14.4. The molecule has 3 unspecified atom stereocenters. The van der Waals surface area contributed by atoms with Crippen molar-refractivity contribution in [1.29, 1.82) is 0 Å². The first kappa shape index (κ1) is 11.5. The minimum absolute atomic E-state index is 0.989. The summed E-state index contributed by atoms with van der Waals surface area (Å²) in [5.74, 6) is 5.17. The molecule has 0 radical (unpaired) electrons. The molecule has 15 heavy (non-hydrogen) atoms. The third-order valence-corrected chi connectivity index (χ3v) is 5.37. The summed E-state index contributed by atoms with van der Waals surface area (Å²) in [6.07, 6.45) is 10.6. The van der Waals surface area contributed by atoms with Crippen LogP contribution in [0.2, 0.25) is 0 Å². The summed E-state index contributed by atoms with van der Waals surface area (Å²) in [6, 6.07) is 0. The second-order valence-electron chi connectivity index (χ2n) is 6.55. The van der Waals surface area contributed by atoms with Crippen molar-refractivity contribution >= 4 is 0 Å². The maximum atomic E-state index is 2.47. The highest BCUT2D eigenvalue weighted by Gasteiger charge is 2.31. The summed E-state index contributed by atoms with van der Waals surface area (Å²) in [4.78, 5) is 0. The monoisotopic (exact) mass is 208 g/mol. The molecular formula is C15H28. The zero-order valence-corrected chi connectivity index (χ0v) is 10.8. The van der Waals surface area contributed by atoms with Gasteiger partial charge in [0.15, 0.2) is 0 Å². The maximum absolute atomic E-state index is 2.47. The van der Waals surface area contributed by atoms with Crippen molar-refractivity contribution in [2.75, 3.05) is 0 Å². The lowest BCUT2D eigenvalue weighted by Crippen LogP contribution is -2.28. The average molecular weight is 208 g/mol. The van der Waals surface area contributed by atoms with Gasteiger partial charge in [-0.15, -0.1) is 0 Å². The molecule has 0 aromatic heterocycles. The molecule has 0 aliphatic heterocycles. The van der Waals surface area contributed by atoms with Crippen molar-refractivity contribution in [3.05, 3.63) is 0 Å². The van der Waals surface area contributed by atoms with Gasteiger partial charge >= 0.3 is 0 Å². The van der Waals surface area contributed by atoms with Crippen LogP contribution in [0.5, 0.6) is 0 Å². The Morgan fingerprint density at radius 3 is 1.80 bits per heavy atom. The van der Waals surface area contributed by atoms with Crippen molar-refractivity contribution in [3.63, 3.8) is 0 Å². The Bertz CT molecular complexity index is 188. The van der Waals surface area contributed by atoms with Crippen molar-refractivity contribution < 1.29 is 0 Å². The van der Waals surface area contributed by atoms with Gasteiger partial charge < -0.3 is 0 Å². The quantitative estimate of drug-likeness (QED) is 0.576. The lowest BCUT2D eigenvalue weighted by Gasteiger charge is -2.39. The number of hydrogen-bond donors (Lipinski definition) is 0. The fraction of sp³-hybridized carbons (Fsp3) is 1.00. The largest absolute Gasteiger partial charge is 0.0625 e. The highest BCUT2D eigenvalue weighted by molar-refractivity contribution is 4.82. The van der Waals surface area contributed by atoms with Crippen LogP contribution in [0.3, 0.4) is 0 Å². The molecule has 0 spiro atoms. The zero-order chi connectivity index (χ0) is 10.8. The topological polar surface area (TPSA) is 0 Å². The van der Waals surface area contributed by atoms with Gasteiger partial charge in [-0.05, 0) is 55.3 Å². The predicted molar refractivity (Wildman–Crippen MR) is 66.8 cm³/mol. The van der Waals surface area contributed by atoms with Gasteiger partial charge in [0, 0.05) is 0 Å². The number of rotatable bonds is 1. The Hall–Kier alpha value is 0. The van der Waals surface area contributed by atoms with Crippen LogP contribution in [0.1, 0.15) is 65.7 Å². The van der Waals surface area contributed by atoms with Crippen molar-refractivity contribution in [1.82, 2.24) is 0 Å². The van der Waals surface area contributed by atoms with E-state index in [4.69, 9.17) is 0 Å². The molecule has 3 atom stereocenters. The molecule has 88 valence electrons. The first-order valence-corrected chi connectivity index (χ1v) is 7.16. The van der Waals surface area contributed by atoms with Gasteiger partial charge in [0.1, 0.15) is 0 Å². The van der Waals surface area contributed by atoms with E-state index in [2.05, 4.69) is 20.8 Å². The van der Waals surface area contributed by atoms with E-state index in [1.165, 1.54) is 44.9 Å². The van der Waals surface area contributed by atoms with E-state index >= 15 is 0 Å². The Kier molecular flexibility index (Phi) is 3.74. The zero-order valence-electron chi connectivity index (χ0n) is 10.8. The van der Waals surface area contributed by atoms with Crippen LogP contribution in [-0.2, 0) is 0 Å². The van der Waals surface area contributed by atoms with Crippen LogP contribution < -0.4 is 0 Å². The summed E-state index contributed by atoms with van der Waals surface area (Å²) in [5.41, 5.74) is 0. The predicted octanol–water partition coefficient (Wildman–Crippen LogP) is 4.89. The molecule has 0 heteroatoms.